The van der Waals surface area contributed by atoms with Gasteiger partial charge in [-0.15, -0.1) is 0 Å². The lowest BCUT2D eigenvalue weighted by Gasteiger charge is -2.31. The molecule has 1 N–H and O–H groups in total. The van der Waals surface area contributed by atoms with E-state index in [0.29, 0.717) is 11.6 Å². The van der Waals surface area contributed by atoms with Crippen LogP contribution in [0.5, 0.6) is 0 Å². The Morgan fingerprint density at radius 2 is 1.91 bits per heavy atom. The number of aliphatic hydroxyl groups is 1. The number of halogens is 1. The summed E-state index contributed by atoms with van der Waals surface area (Å²) < 4.78 is 12.1. The van der Waals surface area contributed by atoms with E-state index in [4.69, 9.17) is 21.1 Å². The van der Waals surface area contributed by atoms with Crippen LogP contribution < -0.4 is 0 Å². The molecule has 2 aliphatic rings. The molecule has 0 amide bonds. The summed E-state index contributed by atoms with van der Waals surface area (Å²) >= 11 is 5.87. The third-order valence-corrected chi connectivity index (χ3v) is 5.04. The highest BCUT2D eigenvalue weighted by molar-refractivity contribution is 6.30. The summed E-state index contributed by atoms with van der Waals surface area (Å²) in [5.41, 5.74) is 0.928. The van der Waals surface area contributed by atoms with Crippen molar-refractivity contribution in [2.75, 3.05) is 6.61 Å². The zero-order valence-corrected chi connectivity index (χ0v) is 13.7. The van der Waals surface area contributed by atoms with E-state index >= 15 is 0 Å². The Labute approximate surface area is 137 Å². The topological polar surface area (TPSA) is 38.7 Å². The molecule has 2 fully saturated rings. The average molecular weight is 325 g/mol. The summed E-state index contributed by atoms with van der Waals surface area (Å²) in [6.45, 7) is 0.705. The summed E-state index contributed by atoms with van der Waals surface area (Å²) in [5, 5.41) is 10.9. The SMILES string of the molecule is OC(CCC[C@@H]1COC2(CCCCC2)O1)c1ccc(Cl)cc1. The average Bonchev–Trinajstić information content (AvgIpc) is 2.91. The second kappa shape index (κ2) is 7.31. The predicted octanol–water partition coefficient (Wildman–Crippen LogP) is 4.62. The largest absolute Gasteiger partial charge is 0.388 e. The third-order valence-electron chi connectivity index (χ3n) is 4.79. The highest BCUT2D eigenvalue weighted by Crippen LogP contribution is 2.38. The summed E-state index contributed by atoms with van der Waals surface area (Å²) in [4.78, 5) is 0. The van der Waals surface area contributed by atoms with Crippen LogP contribution in [0.4, 0.5) is 0 Å². The predicted molar refractivity (Wildman–Crippen MR) is 86.9 cm³/mol. The maximum Gasteiger partial charge on any atom is 0.168 e. The van der Waals surface area contributed by atoms with E-state index in [1.54, 1.807) is 0 Å². The van der Waals surface area contributed by atoms with Gasteiger partial charge in [-0.05, 0) is 49.8 Å². The van der Waals surface area contributed by atoms with Gasteiger partial charge in [-0.2, -0.15) is 0 Å². The Hall–Kier alpha value is -0.610. The van der Waals surface area contributed by atoms with Crippen LogP contribution in [-0.4, -0.2) is 23.6 Å². The standard InChI is InChI=1S/C18H25ClO3/c19-15-9-7-14(8-10-15)17(20)6-4-5-16-13-21-18(22-16)11-2-1-3-12-18/h7-10,16-17,20H,1-6,11-13H2/t16-,17?/m1/s1. The smallest absolute Gasteiger partial charge is 0.168 e. The van der Waals surface area contributed by atoms with E-state index in [1.807, 2.05) is 24.3 Å². The van der Waals surface area contributed by atoms with Gasteiger partial charge in [-0.25, -0.2) is 0 Å². The number of hydrogen-bond donors (Lipinski definition) is 1. The van der Waals surface area contributed by atoms with Gasteiger partial charge in [0.05, 0.1) is 18.8 Å². The van der Waals surface area contributed by atoms with Crippen molar-refractivity contribution in [1.29, 1.82) is 0 Å². The molecule has 1 aromatic carbocycles. The molecule has 1 aliphatic carbocycles. The normalized spacial score (nSPS) is 25.5. The number of hydrogen-bond acceptors (Lipinski definition) is 3. The first-order chi connectivity index (χ1) is 10.7. The van der Waals surface area contributed by atoms with Crippen LogP contribution in [-0.2, 0) is 9.47 Å². The second-order valence-corrected chi connectivity index (χ2v) is 6.96. The van der Waals surface area contributed by atoms with Gasteiger partial charge in [0.2, 0.25) is 0 Å². The lowest BCUT2D eigenvalue weighted by Crippen LogP contribution is -2.33. The highest BCUT2D eigenvalue weighted by atomic mass is 35.5. The number of rotatable bonds is 5. The fraction of sp³-hybridized carbons (Fsp3) is 0.667. The van der Waals surface area contributed by atoms with Crippen molar-refractivity contribution in [3.8, 4) is 0 Å². The fourth-order valence-corrected chi connectivity index (χ4v) is 3.63. The van der Waals surface area contributed by atoms with Gasteiger partial charge in [0.15, 0.2) is 5.79 Å². The second-order valence-electron chi connectivity index (χ2n) is 6.52. The Morgan fingerprint density at radius 3 is 2.64 bits per heavy atom. The van der Waals surface area contributed by atoms with Crippen LogP contribution in [0.25, 0.3) is 0 Å². The van der Waals surface area contributed by atoms with Gasteiger partial charge in [0.25, 0.3) is 0 Å². The Balaban J connectivity index is 1.41. The van der Waals surface area contributed by atoms with Crippen molar-refractivity contribution in [1.82, 2.24) is 0 Å². The lowest BCUT2D eigenvalue weighted by atomic mass is 9.94. The van der Waals surface area contributed by atoms with E-state index < -0.39 is 6.10 Å². The van der Waals surface area contributed by atoms with Crippen molar-refractivity contribution in [3.63, 3.8) is 0 Å². The molecular formula is C18H25ClO3. The molecule has 3 nitrogen and oxygen atoms in total. The number of benzene rings is 1. The van der Waals surface area contributed by atoms with Gasteiger partial charge in [0, 0.05) is 17.9 Å². The summed E-state index contributed by atoms with van der Waals surface area (Å²) in [7, 11) is 0. The lowest BCUT2D eigenvalue weighted by molar-refractivity contribution is -0.187. The molecule has 0 radical (unpaired) electrons. The van der Waals surface area contributed by atoms with E-state index in [1.165, 1.54) is 19.3 Å². The highest BCUT2D eigenvalue weighted by Gasteiger charge is 2.41. The molecule has 3 rings (SSSR count). The first kappa shape index (κ1) is 16.3. The van der Waals surface area contributed by atoms with Crippen molar-refractivity contribution in [2.45, 2.75) is 69.4 Å². The maximum absolute atomic E-state index is 10.2. The molecule has 0 aromatic heterocycles. The van der Waals surface area contributed by atoms with Crippen LogP contribution in [0.1, 0.15) is 63.0 Å². The molecule has 2 atom stereocenters. The molecule has 1 aliphatic heterocycles. The maximum atomic E-state index is 10.2. The minimum atomic E-state index is -0.428. The van der Waals surface area contributed by atoms with E-state index in [0.717, 1.165) is 37.7 Å². The van der Waals surface area contributed by atoms with E-state index in [2.05, 4.69) is 0 Å². The third kappa shape index (κ3) is 4.02. The van der Waals surface area contributed by atoms with Crippen LogP contribution in [0, 0.1) is 0 Å². The van der Waals surface area contributed by atoms with E-state index in [-0.39, 0.29) is 11.9 Å². The van der Waals surface area contributed by atoms with Crippen molar-refractivity contribution in [2.24, 2.45) is 0 Å². The van der Waals surface area contributed by atoms with Crippen molar-refractivity contribution in [3.05, 3.63) is 34.9 Å². The quantitative estimate of drug-likeness (QED) is 0.859. The minimum absolute atomic E-state index is 0.190. The van der Waals surface area contributed by atoms with Crippen LogP contribution in [0.15, 0.2) is 24.3 Å². The monoisotopic (exact) mass is 324 g/mol. The van der Waals surface area contributed by atoms with Gasteiger partial charge in [-0.3, -0.25) is 0 Å². The number of ether oxygens (including phenoxy) is 2. The first-order valence-electron chi connectivity index (χ1n) is 8.42. The molecule has 4 heteroatoms. The zero-order chi connectivity index (χ0) is 15.4. The van der Waals surface area contributed by atoms with E-state index in [9.17, 15) is 5.11 Å². The number of aliphatic hydroxyl groups excluding tert-OH is 1. The minimum Gasteiger partial charge on any atom is -0.388 e. The zero-order valence-electron chi connectivity index (χ0n) is 13.0. The Kier molecular flexibility index (Phi) is 5.40. The molecule has 0 bridgehead atoms. The summed E-state index contributed by atoms with van der Waals surface area (Å²) in [6.07, 6.45) is 8.19. The van der Waals surface area contributed by atoms with Crippen LogP contribution >= 0.6 is 11.6 Å². The van der Waals surface area contributed by atoms with Crippen molar-refractivity contribution >= 4 is 11.6 Å². The molecule has 122 valence electrons. The Morgan fingerprint density at radius 1 is 1.18 bits per heavy atom. The van der Waals surface area contributed by atoms with Gasteiger partial charge in [0.1, 0.15) is 0 Å². The van der Waals surface area contributed by atoms with Crippen molar-refractivity contribution < 1.29 is 14.6 Å². The summed E-state index contributed by atoms with van der Waals surface area (Å²) in [5.74, 6) is -0.280. The van der Waals surface area contributed by atoms with Gasteiger partial charge < -0.3 is 14.6 Å². The summed E-state index contributed by atoms with van der Waals surface area (Å²) in [6, 6.07) is 7.42. The fourth-order valence-electron chi connectivity index (χ4n) is 3.50. The first-order valence-corrected chi connectivity index (χ1v) is 8.80. The Bertz CT molecular complexity index is 468. The molecule has 1 aromatic rings. The molecule has 1 saturated heterocycles. The molecule has 22 heavy (non-hydrogen) atoms. The van der Waals surface area contributed by atoms with Crippen LogP contribution in [0.3, 0.4) is 0 Å². The molecular weight excluding hydrogens is 300 g/mol. The molecule has 1 saturated carbocycles. The van der Waals surface area contributed by atoms with Crippen LogP contribution in [0.2, 0.25) is 5.02 Å². The molecule has 1 heterocycles. The van der Waals surface area contributed by atoms with Gasteiger partial charge >= 0.3 is 0 Å². The van der Waals surface area contributed by atoms with Gasteiger partial charge in [-0.1, -0.05) is 30.2 Å². The molecule has 1 unspecified atom stereocenters. The molecule has 1 spiro atoms.